The van der Waals surface area contributed by atoms with E-state index in [2.05, 4.69) is 37.2 Å². The van der Waals surface area contributed by atoms with Gasteiger partial charge >= 0.3 is 6.03 Å². The maximum atomic E-state index is 12.3. The Morgan fingerprint density at radius 1 is 1.03 bits per heavy atom. The number of rotatable bonds is 7. The number of hydrogen-bond acceptors (Lipinski definition) is 3. The Labute approximate surface area is 178 Å². The maximum Gasteiger partial charge on any atom is 0.319 e. The molecule has 7 nitrogen and oxygen atoms in total. The number of halogens is 1. The van der Waals surface area contributed by atoms with Crippen LogP contribution in [0.3, 0.4) is 0 Å². The molecule has 2 rings (SSSR count). The van der Waals surface area contributed by atoms with Crippen molar-refractivity contribution in [3.05, 3.63) is 58.1 Å². The van der Waals surface area contributed by atoms with Gasteiger partial charge in [0.1, 0.15) is 0 Å². The molecule has 0 atom stereocenters. The van der Waals surface area contributed by atoms with Gasteiger partial charge in [-0.25, -0.2) is 4.79 Å². The number of anilines is 2. The molecule has 0 saturated carbocycles. The van der Waals surface area contributed by atoms with Crippen LogP contribution in [0.15, 0.2) is 46.9 Å². The highest BCUT2D eigenvalue weighted by atomic mass is 79.9. The number of benzene rings is 2. The van der Waals surface area contributed by atoms with Crippen LogP contribution >= 0.6 is 15.9 Å². The van der Waals surface area contributed by atoms with E-state index in [0.29, 0.717) is 11.3 Å². The minimum atomic E-state index is -0.336. The average Bonchev–Trinajstić information content (AvgIpc) is 2.64. The lowest BCUT2D eigenvalue weighted by Crippen LogP contribution is -2.34. The zero-order valence-electron chi connectivity index (χ0n) is 16.6. The first kappa shape index (κ1) is 22.4. The second kappa shape index (κ2) is 10.6. The summed E-state index contributed by atoms with van der Waals surface area (Å²) in [5, 5.41) is 11.0. The highest BCUT2D eigenvalue weighted by Gasteiger charge is 2.10. The second-order valence-corrected chi connectivity index (χ2v) is 7.76. The van der Waals surface area contributed by atoms with Crippen molar-refractivity contribution in [2.45, 2.75) is 33.2 Å². The molecule has 0 aliphatic heterocycles. The van der Waals surface area contributed by atoms with Crippen molar-refractivity contribution in [2.75, 3.05) is 17.2 Å². The fraction of sp³-hybridized carbons (Fsp3) is 0.286. The summed E-state index contributed by atoms with van der Waals surface area (Å²) in [6, 6.07) is 11.9. The summed E-state index contributed by atoms with van der Waals surface area (Å²) in [5.74, 6) is -0.503. The number of amides is 4. The summed E-state index contributed by atoms with van der Waals surface area (Å²) < 4.78 is 0.877. The zero-order valence-corrected chi connectivity index (χ0v) is 18.2. The standard InChI is InChI=1S/C21H25BrN4O3/c1-13(2)24-21(29)25-17-6-4-5-15(11-17)20(28)23-10-9-19(27)26-18-12-16(22)8-7-14(18)3/h4-8,11-13H,9-10H2,1-3H3,(H,23,28)(H,26,27)(H2,24,25,29). The number of carbonyl (C=O) groups excluding carboxylic acids is 3. The molecule has 0 heterocycles. The van der Waals surface area contributed by atoms with Crippen LogP contribution in [0.1, 0.15) is 36.2 Å². The third kappa shape index (κ3) is 7.57. The highest BCUT2D eigenvalue weighted by molar-refractivity contribution is 9.10. The predicted molar refractivity (Wildman–Crippen MR) is 118 cm³/mol. The Hall–Kier alpha value is -2.87. The van der Waals surface area contributed by atoms with E-state index in [-0.39, 0.29) is 36.9 Å². The minimum Gasteiger partial charge on any atom is -0.352 e. The largest absolute Gasteiger partial charge is 0.352 e. The number of urea groups is 1. The molecule has 0 unspecified atom stereocenters. The first-order valence-electron chi connectivity index (χ1n) is 9.26. The summed E-state index contributed by atoms with van der Waals surface area (Å²) in [7, 11) is 0. The molecule has 0 aromatic heterocycles. The Morgan fingerprint density at radius 3 is 2.52 bits per heavy atom. The van der Waals surface area contributed by atoms with Crippen LogP contribution in [0.5, 0.6) is 0 Å². The van der Waals surface area contributed by atoms with Gasteiger partial charge in [-0.1, -0.05) is 28.1 Å². The van der Waals surface area contributed by atoms with Gasteiger partial charge in [-0.15, -0.1) is 0 Å². The van der Waals surface area contributed by atoms with Gasteiger partial charge in [0.05, 0.1) is 0 Å². The monoisotopic (exact) mass is 460 g/mol. The van der Waals surface area contributed by atoms with Gasteiger partial charge in [-0.2, -0.15) is 0 Å². The molecule has 2 aromatic carbocycles. The molecule has 0 saturated heterocycles. The fourth-order valence-corrected chi connectivity index (χ4v) is 2.86. The van der Waals surface area contributed by atoms with Crippen LogP contribution in [0, 0.1) is 6.92 Å². The molecule has 0 aliphatic rings. The Kier molecular flexibility index (Phi) is 8.21. The van der Waals surface area contributed by atoms with Gasteiger partial charge in [0.25, 0.3) is 5.91 Å². The Balaban J connectivity index is 1.84. The van der Waals surface area contributed by atoms with Crippen LogP contribution in [0.4, 0.5) is 16.2 Å². The van der Waals surface area contributed by atoms with Crippen molar-refractivity contribution in [2.24, 2.45) is 0 Å². The van der Waals surface area contributed by atoms with E-state index in [4.69, 9.17) is 0 Å². The van der Waals surface area contributed by atoms with E-state index < -0.39 is 0 Å². The summed E-state index contributed by atoms with van der Waals surface area (Å²) in [5.41, 5.74) is 2.60. The zero-order chi connectivity index (χ0) is 21.4. The number of hydrogen-bond donors (Lipinski definition) is 4. The summed E-state index contributed by atoms with van der Waals surface area (Å²) in [6.45, 7) is 5.82. The minimum absolute atomic E-state index is 0.00779. The molecule has 154 valence electrons. The van der Waals surface area contributed by atoms with Crippen LogP contribution in [-0.2, 0) is 4.79 Å². The predicted octanol–water partition coefficient (Wildman–Crippen LogP) is 4.05. The number of nitrogens with one attached hydrogen (secondary N) is 4. The van der Waals surface area contributed by atoms with Gasteiger partial charge in [-0.05, 0) is 56.7 Å². The molecule has 0 fully saturated rings. The summed E-state index contributed by atoms with van der Waals surface area (Å²) in [6.07, 6.45) is 0.145. The van der Waals surface area contributed by atoms with Gasteiger partial charge in [0.2, 0.25) is 5.91 Å². The normalized spacial score (nSPS) is 10.4. The molecule has 4 amide bonds. The lowest BCUT2D eigenvalue weighted by molar-refractivity contribution is -0.116. The number of aryl methyl sites for hydroxylation is 1. The first-order valence-corrected chi connectivity index (χ1v) is 10.1. The first-order chi connectivity index (χ1) is 13.7. The van der Waals surface area contributed by atoms with Gasteiger partial charge in [0.15, 0.2) is 0 Å². The van der Waals surface area contributed by atoms with Gasteiger partial charge in [0, 0.05) is 40.4 Å². The van der Waals surface area contributed by atoms with Crippen molar-refractivity contribution < 1.29 is 14.4 Å². The molecule has 29 heavy (non-hydrogen) atoms. The Bertz CT molecular complexity index is 899. The van der Waals surface area contributed by atoms with E-state index >= 15 is 0 Å². The number of carbonyl (C=O) groups is 3. The summed E-state index contributed by atoms with van der Waals surface area (Å²) in [4.78, 5) is 36.2. The van der Waals surface area contributed by atoms with Crippen LogP contribution < -0.4 is 21.3 Å². The van der Waals surface area contributed by atoms with Gasteiger partial charge < -0.3 is 21.3 Å². The van der Waals surface area contributed by atoms with E-state index in [1.54, 1.807) is 24.3 Å². The van der Waals surface area contributed by atoms with Crippen LogP contribution in [0.25, 0.3) is 0 Å². The Morgan fingerprint density at radius 2 is 1.79 bits per heavy atom. The lowest BCUT2D eigenvalue weighted by Gasteiger charge is -2.11. The maximum absolute atomic E-state index is 12.3. The molecule has 0 aliphatic carbocycles. The third-order valence-corrected chi connectivity index (χ3v) is 4.41. The molecular weight excluding hydrogens is 436 g/mol. The molecule has 0 spiro atoms. The SMILES string of the molecule is Cc1ccc(Br)cc1NC(=O)CCNC(=O)c1cccc(NC(=O)NC(C)C)c1. The topological polar surface area (TPSA) is 99.3 Å². The quantitative estimate of drug-likeness (QED) is 0.501. The molecule has 4 N–H and O–H groups in total. The van der Waals surface area contributed by atoms with Crippen molar-refractivity contribution in [3.63, 3.8) is 0 Å². The molecular formula is C21H25BrN4O3. The second-order valence-electron chi connectivity index (χ2n) is 6.85. The van der Waals surface area contributed by atoms with Crippen molar-refractivity contribution in [1.29, 1.82) is 0 Å². The van der Waals surface area contributed by atoms with E-state index in [1.807, 2.05) is 39.0 Å². The average molecular weight is 461 g/mol. The fourth-order valence-electron chi connectivity index (χ4n) is 2.50. The smallest absolute Gasteiger partial charge is 0.319 e. The van der Waals surface area contributed by atoms with Crippen LogP contribution in [0.2, 0.25) is 0 Å². The van der Waals surface area contributed by atoms with E-state index in [9.17, 15) is 14.4 Å². The van der Waals surface area contributed by atoms with Crippen molar-refractivity contribution in [1.82, 2.24) is 10.6 Å². The van der Waals surface area contributed by atoms with Crippen molar-refractivity contribution in [3.8, 4) is 0 Å². The van der Waals surface area contributed by atoms with E-state index in [0.717, 1.165) is 15.7 Å². The van der Waals surface area contributed by atoms with Crippen LogP contribution in [-0.4, -0.2) is 30.4 Å². The molecule has 8 heteroatoms. The van der Waals surface area contributed by atoms with Gasteiger partial charge in [-0.3, -0.25) is 9.59 Å². The summed E-state index contributed by atoms with van der Waals surface area (Å²) >= 11 is 3.38. The van der Waals surface area contributed by atoms with E-state index in [1.165, 1.54) is 0 Å². The third-order valence-electron chi connectivity index (χ3n) is 3.91. The molecule has 2 aromatic rings. The molecule has 0 bridgehead atoms. The highest BCUT2D eigenvalue weighted by Crippen LogP contribution is 2.20. The van der Waals surface area contributed by atoms with Crippen molar-refractivity contribution >= 4 is 45.2 Å². The lowest BCUT2D eigenvalue weighted by atomic mass is 10.2. The molecule has 0 radical (unpaired) electrons.